The molecule has 1 aliphatic rings. The van der Waals surface area contributed by atoms with Gasteiger partial charge in [0.25, 0.3) is 0 Å². The number of hydrogen-bond acceptors (Lipinski definition) is 2. The molecule has 0 fully saturated rings. The van der Waals surface area contributed by atoms with Gasteiger partial charge in [-0.25, -0.2) is 0 Å². The highest BCUT2D eigenvalue weighted by atomic mass is 15.1. The molecular formula is C17H26N2. The van der Waals surface area contributed by atoms with E-state index >= 15 is 0 Å². The molecule has 2 rings (SSSR count). The zero-order valence-electron chi connectivity index (χ0n) is 12.6. The lowest BCUT2D eigenvalue weighted by Crippen LogP contribution is -2.33. The molecule has 0 unspecified atom stereocenters. The smallest absolute Gasteiger partial charge is 0.0572 e. The molecule has 0 bridgehead atoms. The van der Waals surface area contributed by atoms with Gasteiger partial charge in [-0.1, -0.05) is 24.6 Å². The van der Waals surface area contributed by atoms with E-state index in [0.29, 0.717) is 12.0 Å². The van der Waals surface area contributed by atoms with Crippen molar-refractivity contribution in [3.63, 3.8) is 0 Å². The number of aromatic nitrogens is 1. The van der Waals surface area contributed by atoms with Crippen molar-refractivity contribution in [3.05, 3.63) is 41.7 Å². The first kappa shape index (κ1) is 14.3. The lowest BCUT2D eigenvalue weighted by molar-refractivity contribution is 0.194. The van der Waals surface area contributed by atoms with Crippen LogP contribution in [0.1, 0.15) is 45.3 Å². The summed E-state index contributed by atoms with van der Waals surface area (Å²) in [6, 6.07) is 6.55. The average Bonchev–Trinajstić information content (AvgIpc) is 2.43. The van der Waals surface area contributed by atoms with E-state index < -0.39 is 0 Å². The molecule has 1 aromatic heterocycles. The molecule has 1 aromatic rings. The van der Waals surface area contributed by atoms with Gasteiger partial charge < -0.3 is 0 Å². The molecule has 0 aliphatic heterocycles. The van der Waals surface area contributed by atoms with E-state index in [-0.39, 0.29) is 0 Å². The van der Waals surface area contributed by atoms with E-state index in [1.165, 1.54) is 12.8 Å². The first-order chi connectivity index (χ1) is 9.09. The Bertz CT molecular complexity index is 424. The molecule has 0 amide bonds. The van der Waals surface area contributed by atoms with Crippen LogP contribution in [-0.2, 0) is 0 Å². The van der Waals surface area contributed by atoms with Crippen LogP contribution in [0, 0.1) is 11.8 Å². The molecular weight excluding hydrogens is 232 g/mol. The summed E-state index contributed by atoms with van der Waals surface area (Å²) in [6.45, 7) is 8.05. The summed E-state index contributed by atoms with van der Waals surface area (Å²) < 4.78 is 0. The van der Waals surface area contributed by atoms with Crippen LogP contribution in [0.15, 0.2) is 36.0 Å². The van der Waals surface area contributed by atoms with Gasteiger partial charge in [0, 0.05) is 18.8 Å². The van der Waals surface area contributed by atoms with Gasteiger partial charge in [0.05, 0.1) is 5.69 Å². The standard InChI is InChI=1S/C17H26N2/c1-13-8-7-9-14(2)16(13)12-19(4)15(3)17-10-5-6-11-18-17/h5-6,8,10-11,14-16H,7,9,12H2,1-4H3/t14-,15+,16-/m0/s1. The zero-order chi connectivity index (χ0) is 13.8. The quantitative estimate of drug-likeness (QED) is 0.757. The molecule has 0 saturated heterocycles. The summed E-state index contributed by atoms with van der Waals surface area (Å²) in [7, 11) is 2.22. The molecule has 0 saturated carbocycles. The monoisotopic (exact) mass is 258 g/mol. The van der Waals surface area contributed by atoms with E-state index in [1.54, 1.807) is 5.57 Å². The topological polar surface area (TPSA) is 16.1 Å². The summed E-state index contributed by atoms with van der Waals surface area (Å²) in [6.07, 6.45) is 6.88. The molecule has 2 heteroatoms. The maximum absolute atomic E-state index is 4.47. The third-order valence-corrected chi connectivity index (χ3v) is 4.62. The first-order valence-electron chi connectivity index (χ1n) is 7.37. The Balaban J connectivity index is 2.02. The third kappa shape index (κ3) is 3.44. The number of rotatable bonds is 4. The Hall–Kier alpha value is -1.15. The zero-order valence-corrected chi connectivity index (χ0v) is 12.6. The molecule has 1 heterocycles. The highest BCUT2D eigenvalue weighted by Crippen LogP contribution is 2.32. The van der Waals surface area contributed by atoms with Crippen molar-refractivity contribution >= 4 is 0 Å². The maximum Gasteiger partial charge on any atom is 0.0572 e. The lowest BCUT2D eigenvalue weighted by atomic mass is 9.79. The summed E-state index contributed by atoms with van der Waals surface area (Å²) in [5.41, 5.74) is 2.73. The van der Waals surface area contributed by atoms with E-state index in [1.807, 2.05) is 12.3 Å². The lowest BCUT2D eigenvalue weighted by Gasteiger charge is -2.34. The van der Waals surface area contributed by atoms with Crippen molar-refractivity contribution in [2.24, 2.45) is 11.8 Å². The molecule has 3 atom stereocenters. The second-order valence-electron chi connectivity index (χ2n) is 5.98. The Labute approximate surface area is 117 Å². The van der Waals surface area contributed by atoms with E-state index in [4.69, 9.17) is 0 Å². The van der Waals surface area contributed by atoms with Crippen LogP contribution in [0.5, 0.6) is 0 Å². The van der Waals surface area contributed by atoms with E-state index in [0.717, 1.165) is 18.2 Å². The molecule has 0 radical (unpaired) electrons. The summed E-state index contributed by atoms with van der Waals surface area (Å²) >= 11 is 0. The summed E-state index contributed by atoms with van der Waals surface area (Å²) in [5, 5.41) is 0. The van der Waals surface area contributed by atoms with Crippen LogP contribution in [-0.4, -0.2) is 23.5 Å². The van der Waals surface area contributed by atoms with Gasteiger partial charge in [-0.3, -0.25) is 9.88 Å². The number of hydrogen-bond donors (Lipinski definition) is 0. The average molecular weight is 258 g/mol. The van der Waals surface area contributed by atoms with Crippen molar-refractivity contribution in [2.75, 3.05) is 13.6 Å². The van der Waals surface area contributed by atoms with Crippen LogP contribution in [0.4, 0.5) is 0 Å². The van der Waals surface area contributed by atoms with E-state index in [2.05, 4.69) is 55.9 Å². The Kier molecular flexibility index (Phi) is 4.76. The number of allylic oxidation sites excluding steroid dienone is 1. The highest BCUT2D eigenvalue weighted by molar-refractivity contribution is 5.11. The molecule has 0 spiro atoms. The van der Waals surface area contributed by atoms with Gasteiger partial charge in [-0.15, -0.1) is 0 Å². The van der Waals surface area contributed by atoms with Gasteiger partial charge in [-0.05, 0) is 57.7 Å². The summed E-state index contributed by atoms with van der Waals surface area (Å²) in [5.74, 6) is 1.49. The van der Waals surface area contributed by atoms with Gasteiger partial charge in [0.15, 0.2) is 0 Å². The van der Waals surface area contributed by atoms with Crippen LogP contribution in [0.25, 0.3) is 0 Å². The predicted octanol–water partition coefficient (Wildman–Crippen LogP) is 4.07. The molecule has 104 valence electrons. The van der Waals surface area contributed by atoms with Crippen LogP contribution in [0.2, 0.25) is 0 Å². The van der Waals surface area contributed by atoms with Crippen molar-refractivity contribution in [1.29, 1.82) is 0 Å². The largest absolute Gasteiger partial charge is 0.297 e. The Morgan fingerprint density at radius 3 is 2.84 bits per heavy atom. The van der Waals surface area contributed by atoms with Gasteiger partial charge >= 0.3 is 0 Å². The molecule has 2 nitrogen and oxygen atoms in total. The van der Waals surface area contributed by atoms with Crippen LogP contribution < -0.4 is 0 Å². The van der Waals surface area contributed by atoms with Crippen molar-refractivity contribution < 1.29 is 0 Å². The van der Waals surface area contributed by atoms with Gasteiger partial charge in [0.1, 0.15) is 0 Å². The highest BCUT2D eigenvalue weighted by Gasteiger charge is 2.25. The number of nitrogens with zero attached hydrogens (tertiary/aromatic N) is 2. The van der Waals surface area contributed by atoms with Crippen molar-refractivity contribution in [2.45, 2.75) is 39.7 Å². The molecule has 19 heavy (non-hydrogen) atoms. The fraction of sp³-hybridized carbons (Fsp3) is 0.588. The second-order valence-corrected chi connectivity index (χ2v) is 5.98. The Morgan fingerprint density at radius 2 is 2.21 bits per heavy atom. The molecule has 1 aliphatic carbocycles. The van der Waals surface area contributed by atoms with E-state index in [9.17, 15) is 0 Å². The van der Waals surface area contributed by atoms with Crippen molar-refractivity contribution in [1.82, 2.24) is 9.88 Å². The molecule has 0 aromatic carbocycles. The Morgan fingerprint density at radius 1 is 1.42 bits per heavy atom. The third-order valence-electron chi connectivity index (χ3n) is 4.62. The van der Waals surface area contributed by atoms with Crippen LogP contribution in [0.3, 0.4) is 0 Å². The minimum absolute atomic E-state index is 0.378. The second kappa shape index (κ2) is 6.33. The minimum atomic E-state index is 0.378. The van der Waals surface area contributed by atoms with Gasteiger partial charge in [-0.2, -0.15) is 0 Å². The normalized spacial score (nSPS) is 25.2. The predicted molar refractivity (Wildman–Crippen MR) is 80.9 cm³/mol. The SMILES string of the molecule is CC1=CCC[C@H](C)[C@H]1CN(C)[C@H](C)c1ccccn1. The maximum atomic E-state index is 4.47. The first-order valence-corrected chi connectivity index (χ1v) is 7.37. The fourth-order valence-electron chi connectivity index (χ4n) is 3.02. The van der Waals surface area contributed by atoms with Crippen molar-refractivity contribution in [3.8, 4) is 0 Å². The molecule has 0 N–H and O–H groups in total. The number of pyridine rings is 1. The fourth-order valence-corrected chi connectivity index (χ4v) is 3.02. The summed E-state index contributed by atoms with van der Waals surface area (Å²) in [4.78, 5) is 6.91. The van der Waals surface area contributed by atoms with Crippen LogP contribution >= 0.6 is 0 Å². The van der Waals surface area contributed by atoms with Gasteiger partial charge in [0.2, 0.25) is 0 Å². The minimum Gasteiger partial charge on any atom is -0.297 e.